The summed E-state index contributed by atoms with van der Waals surface area (Å²) < 4.78 is 32.9. The fourth-order valence-corrected chi connectivity index (χ4v) is 3.90. The van der Waals surface area contributed by atoms with Gasteiger partial charge in [0.2, 0.25) is 5.76 Å². The van der Waals surface area contributed by atoms with Crippen LogP contribution in [0.25, 0.3) is 0 Å². The van der Waals surface area contributed by atoms with Crippen molar-refractivity contribution in [3.05, 3.63) is 70.6 Å². The molecule has 0 saturated carbocycles. The quantitative estimate of drug-likeness (QED) is 0.668. The molecule has 0 aliphatic rings. The number of hydrogen-bond acceptors (Lipinski definition) is 5. The average Bonchev–Trinajstić information content (AvgIpc) is 3.02. The highest BCUT2D eigenvalue weighted by Gasteiger charge is 2.19. The second-order valence-corrected chi connectivity index (χ2v) is 7.97. The number of sulfonamides is 1. The summed E-state index contributed by atoms with van der Waals surface area (Å²) in [5.74, 6) is -0.486. The Hall–Kier alpha value is -2.84. The highest BCUT2D eigenvalue weighted by Crippen LogP contribution is 2.24. The number of rotatable bonds is 5. The van der Waals surface area contributed by atoms with E-state index in [2.05, 4.69) is 15.2 Å². The molecule has 1 aromatic heterocycles. The van der Waals surface area contributed by atoms with Gasteiger partial charge in [-0.1, -0.05) is 28.9 Å². The zero-order chi connectivity index (χ0) is 19.6. The molecule has 7 nitrogen and oxygen atoms in total. The number of hydrogen-bond donors (Lipinski definition) is 2. The maximum absolute atomic E-state index is 12.7. The molecule has 0 aliphatic carbocycles. The summed E-state index contributed by atoms with van der Waals surface area (Å²) in [4.78, 5) is 12.2. The van der Waals surface area contributed by atoms with Crippen LogP contribution in [0.3, 0.4) is 0 Å². The lowest BCUT2D eigenvalue weighted by molar-refractivity contribution is 0.0988. The van der Waals surface area contributed by atoms with E-state index in [0.717, 1.165) is 0 Å². The minimum absolute atomic E-state index is 0.0361. The molecule has 0 bridgehead atoms. The van der Waals surface area contributed by atoms with Crippen LogP contribution in [0.15, 0.2) is 57.9 Å². The van der Waals surface area contributed by atoms with E-state index in [9.17, 15) is 13.2 Å². The zero-order valence-corrected chi connectivity index (χ0v) is 16.1. The third kappa shape index (κ3) is 4.47. The van der Waals surface area contributed by atoms with Gasteiger partial charge in [0.15, 0.2) is 0 Å². The van der Waals surface area contributed by atoms with Gasteiger partial charge in [0.05, 0.1) is 16.3 Å². The van der Waals surface area contributed by atoms with E-state index in [1.165, 1.54) is 18.2 Å². The second-order valence-electron chi connectivity index (χ2n) is 5.88. The summed E-state index contributed by atoms with van der Waals surface area (Å²) in [7, 11) is -3.88. The van der Waals surface area contributed by atoms with Gasteiger partial charge in [-0.25, -0.2) is 8.42 Å². The van der Waals surface area contributed by atoms with Gasteiger partial charge in [-0.3, -0.25) is 9.52 Å². The van der Waals surface area contributed by atoms with Crippen molar-refractivity contribution in [2.75, 3.05) is 10.0 Å². The molecule has 1 heterocycles. The first-order valence-electron chi connectivity index (χ1n) is 7.88. The van der Waals surface area contributed by atoms with E-state index in [4.69, 9.17) is 16.1 Å². The first-order chi connectivity index (χ1) is 12.7. The highest BCUT2D eigenvalue weighted by atomic mass is 35.5. The Morgan fingerprint density at radius 2 is 1.85 bits per heavy atom. The molecule has 2 N–H and O–H groups in total. The third-order valence-electron chi connectivity index (χ3n) is 3.66. The normalized spacial score (nSPS) is 11.2. The van der Waals surface area contributed by atoms with Gasteiger partial charge in [-0.05, 0) is 49.7 Å². The zero-order valence-electron chi connectivity index (χ0n) is 14.5. The minimum atomic E-state index is -3.88. The number of halogens is 1. The van der Waals surface area contributed by atoms with Crippen LogP contribution in [-0.2, 0) is 10.0 Å². The number of carbonyl (C=O) groups is 1. The summed E-state index contributed by atoms with van der Waals surface area (Å²) in [5.41, 5.74) is 1.75. The van der Waals surface area contributed by atoms with E-state index in [0.29, 0.717) is 27.7 Å². The fourth-order valence-electron chi connectivity index (χ4n) is 2.39. The second kappa shape index (κ2) is 7.42. The molecule has 140 valence electrons. The van der Waals surface area contributed by atoms with Crippen molar-refractivity contribution in [1.82, 2.24) is 5.16 Å². The summed E-state index contributed by atoms with van der Waals surface area (Å²) in [6.45, 7) is 3.36. The molecule has 1 amide bonds. The molecule has 3 rings (SSSR count). The number of anilines is 2. The number of benzene rings is 2. The summed E-state index contributed by atoms with van der Waals surface area (Å²) in [6.07, 6.45) is 0. The van der Waals surface area contributed by atoms with Crippen LogP contribution < -0.4 is 10.0 Å². The van der Waals surface area contributed by atoms with E-state index in [-0.39, 0.29) is 10.7 Å². The van der Waals surface area contributed by atoms with Crippen LogP contribution in [0.2, 0.25) is 5.02 Å². The third-order valence-corrected chi connectivity index (χ3v) is 5.42. The molecule has 0 radical (unpaired) electrons. The monoisotopic (exact) mass is 405 g/mol. The van der Waals surface area contributed by atoms with Crippen molar-refractivity contribution >= 4 is 38.9 Å². The Kier molecular flexibility index (Phi) is 5.20. The number of aromatic nitrogens is 1. The van der Waals surface area contributed by atoms with Crippen molar-refractivity contribution in [3.8, 4) is 0 Å². The summed E-state index contributed by atoms with van der Waals surface area (Å²) in [5, 5.41) is 6.66. The van der Waals surface area contributed by atoms with Gasteiger partial charge in [-0.15, -0.1) is 0 Å². The molecule has 2 aromatic carbocycles. The largest absolute Gasteiger partial charge is 0.351 e. The van der Waals surface area contributed by atoms with Crippen molar-refractivity contribution in [2.24, 2.45) is 0 Å². The standard InChI is InChI=1S/C18H16ClN3O4S/c1-11-6-7-14(20-18(23)16-8-12(2)21-26-16)10-17(11)27(24,25)22-15-5-3-4-13(19)9-15/h3-10,22H,1-2H3,(H,20,23). The Bertz CT molecular complexity index is 1110. The summed E-state index contributed by atoms with van der Waals surface area (Å²) in [6, 6.07) is 12.5. The average molecular weight is 406 g/mol. The molecule has 0 spiro atoms. The van der Waals surface area contributed by atoms with Gasteiger partial charge in [0.1, 0.15) is 0 Å². The number of nitrogens with zero attached hydrogens (tertiary/aromatic N) is 1. The van der Waals surface area contributed by atoms with Crippen LogP contribution in [-0.4, -0.2) is 19.5 Å². The van der Waals surface area contributed by atoms with Crippen molar-refractivity contribution < 1.29 is 17.7 Å². The smallest absolute Gasteiger partial charge is 0.294 e. The van der Waals surface area contributed by atoms with Gasteiger partial charge >= 0.3 is 0 Å². The maximum atomic E-state index is 12.7. The van der Waals surface area contributed by atoms with Crippen LogP contribution >= 0.6 is 11.6 Å². The molecule has 0 aliphatic heterocycles. The van der Waals surface area contributed by atoms with E-state index in [1.807, 2.05) is 0 Å². The lowest BCUT2D eigenvalue weighted by Crippen LogP contribution is -2.16. The van der Waals surface area contributed by atoms with E-state index >= 15 is 0 Å². The molecular formula is C18H16ClN3O4S. The lowest BCUT2D eigenvalue weighted by Gasteiger charge is -2.12. The van der Waals surface area contributed by atoms with Crippen LogP contribution in [0.1, 0.15) is 21.8 Å². The molecule has 0 saturated heterocycles. The Labute approximate surface area is 161 Å². The lowest BCUT2D eigenvalue weighted by atomic mass is 10.2. The molecular weight excluding hydrogens is 390 g/mol. The number of nitrogens with one attached hydrogen (secondary N) is 2. The van der Waals surface area contributed by atoms with Crippen LogP contribution in [0.5, 0.6) is 0 Å². The molecule has 27 heavy (non-hydrogen) atoms. The molecule has 0 unspecified atom stereocenters. The predicted octanol–water partition coefficient (Wildman–Crippen LogP) is 4.00. The fraction of sp³-hybridized carbons (Fsp3) is 0.111. The minimum Gasteiger partial charge on any atom is -0.351 e. The highest BCUT2D eigenvalue weighted by molar-refractivity contribution is 7.92. The van der Waals surface area contributed by atoms with Crippen molar-refractivity contribution in [3.63, 3.8) is 0 Å². The summed E-state index contributed by atoms with van der Waals surface area (Å²) >= 11 is 5.90. The maximum Gasteiger partial charge on any atom is 0.294 e. The van der Waals surface area contributed by atoms with Crippen LogP contribution in [0.4, 0.5) is 11.4 Å². The SMILES string of the molecule is Cc1cc(C(=O)Nc2ccc(C)c(S(=O)(=O)Nc3cccc(Cl)c3)c2)on1. The molecule has 3 aromatic rings. The number of amides is 1. The Balaban J connectivity index is 1.87. The van der Waals surface area contributed by atoms with E-state index in [1.54, 1.807) is 44.2 Å². The number of aryl methyl sites for hydroxylation is 2. The first-order valence-corrected chi connectivity index (χ1v) is 9.74. The van der Waals surface area contributed by atoms with Crippen LogP contribution in [0, 0.1) is 13.8 Å². The first kappa shape index (κ1) is 18.9. The van der Waals surface area contributed by atoms with Gasteiger partial charge in [-0.2, -0.15) is 0 Å². The van der Waals surface area contributed by atoms with Gasteiger partial charge < -0.3 is 9.84 Å². The van der Waals surface area contributed by atoms with Gasteiger partial charge in [0.25, 0.3) is 15.9 Å². The topological polar surface area (TPSA) is 101 Å². The molecule has 0 atom stereocenters. The van der Waals surface area contributed by atoms with E-state index < -0.39 is 15.9 Å². The Morgan fingerprint density at radius 3 is 2.52 bits per heavy atom. The predicted molar refractivity (Wildman–Crippen MR) is 103 cm³/mol. The molecule has 9 heteroatoms. The van der Waals surface area contributed by atoms with Crippen molar-refractivity contribution in [2.45, 2.75) is 18.7 Å². The van der Waals surface area contributed by atoms with Gasteiger partial charge in [0, 0.05) is 16.8 Å². The molecule has 0 fully saturated rings. The Morgan fingerprint density at radius 1 is 1.07 bits per heavy atom. The van der Waals surface area contributed by atoms with Crippen molar-refractivity contribution in [1.29, 1.82) is 0 Å². The number of carbonyl (C=O) groups excluding carboxylic acids is 1.